The summed E-state index contributed by atoms with van der Waals surface area (Å²) in [6, 6.07) is 13.3. The molecular weight excluding hydrogens is 366 g/mol. The zero-order chi connectivity index (χ0) is 20.0. The topological polar surface area (TPSA) is 89.5 Å². The first-order chi connectivity index (χ1) is 12.6. The molecule has 1 N–H and O–H groups in total. The maximum absolute atomic E-state index is 12.3. The van der Waals surface area contributed by atoms with Gasteiger partial charge in [0, 0.05) is 5.69 Å². The maximum atomic E-state index is 12.3. The second-order valence-electron chi connectivity index (χ2n) is 6.60. The number of benzene rings is 2. The van der Waals surface area contributed by atoms with Crippen LogP contribution in [0.15, 0.2) is 48.5 Å². The minimum absolute atomic E-state index is 0.232. The van der Waals surface area contributed by atoms with Crippen molar-refractivity contribution in [2.45, 2.75) is 32.6 Å². The molecule has 6 nitrogen and oxygen atoms in total. The Kier molecular flexibility index (Phi) is 6.74. The third-order valence-corrected chi connectivity index (χ3v) is 5.05. The van der Waals surface area contributed by atoms with Gasteiger partial charge in [0.1, 0.15) is 5.75 Å². The Morgan fingerprint density at radius 1 is 1.07 bits per heavy atom. The van der Waals surface area contributed by atoms with E-state index in [1.165, 1.54) is 12.1 Å². The summed E-state index contributed by atoms with van der Waals surface area (Å²) in [5.74, 6) is -1.94. The number of sulfone groups is 1. The number of rotatable bonds is 7. The molecule has 0 spiro atoms. The minimum atomic E-state index is -3.64. The van der Waals surface area contributed by atoms with E-state index in [1.54, 1.807) is 44.2 Å². The lowest BCUT2D eigenvalue weighted by Crippen LogP contribution is -2.24. The zero-order valence-electron chi connectivity index (χ0n) is 15.6. The van der Waals surface area contributed by atoms with Crippen LogP contribution in [0.2, 0.25) is 0 Å². The first kappa shape index (κ1) is 20.6. The Morgan fingerprint density at radius 3 is 2.33 bits per heavy atom. The number of hydrogen-bond donors (Lipinski definition) is 1. The normalized spacial score (nSPS) is 11.3. The van der Waals surface area contributed by atoms with Crippen molar-refractivity contribution in [2.24, 2.45) is 0 Å². The van der Waals surface area contributed by atoms with Gasteiger partial charge in [-0.3, -0.25) is 4.79 Å². The molecule has 0 saturated carbocycles. The second-order valence-corrected chi connectivity index (χ2v) is 8.67. The predicted molar refractivity (Wildman–Crippen MR) is 104 cm³/mol. The third-order valence-electron chi connectivity index (χ3n) is 3.57. The number of hydrogen-bond acceptors (Lipinski definition) is 5. The summed E-state index contributed by atoms with van der Waals surface area (Å²) >= 11 is 0. The van der Waals surface area contributed by atoms with E-state index < -0.39 is 27.5 Å². The number of nitrogens with one attached hydrogen (secondary N) is 1. The Morgan fingerprint density at radius 2 is 1.74 bits per heavy atom. The van der Waals surface area contributed by atoms with Gasteiger partial charge in [-0.1, -0.05) is 24.3 Å². The smallest absolute Gasteiger partial charge is 0.338 e. The molecule has 2 aromatic carbocycles. The van der Waals surface area contributed by atoms with Crippen molar-refractivity contribution >= 4 is 27.4 Å². The zero-order valence-corrected chi connectivity index (χ0v) is 16.4. The van der Waals surface area contributed by atoms with Crippen LogP contribution in [-0.4, -0.2) is 32.2 Å². The van der Waals surface area contributed by atoms with Crippen molar-refractivity contribution in [2.75, 3.05) is 11.1 Å². The van der Waals surface area contributed by atoms with Crippen LogP contribution >= 0.6 is 0 Å². The van der Waals surface area contributed by atoms with Gasteiger partial charge in [0.25, 0.3) is 0 Å². The molecule has 27 heavy (non-hydrogen) atoms. The summed E-state index contributed by atoms with van der Waals surface area (Å²) in [6.45, 7) is 5.38. The van der Waals surface area contributed by atoms with Crippen molar-refractivity contribution < 1.29 is 22.7 Å². The van der Waals surface area contributed by atoms with Crippen LogP contribution in [-0.2, 0) is 25.1 Å². The van der Waals surface area contributed by atoms with Gasteiger partial charge in [-0.05, 0) is 56.2 Å². The summed E-state index contributed by atoms with van der Waals surface area (Å²) in [5.41, 5.74) is 2.37. The van der Waals surface area contributed by atoms with Crippen molar-refractivity contribution in [1.82, 2.24) is 0 Å². The minimum Gasteiger partial charge on any atom is -0.459 e. The third kappa shape index (κ3) is 6.86. The maximum Gasteiger partial charge on any atom is 0.338 e. The van der Waals surface area contributed by atoms with Crippen molar-refractivity contribution in [3.63, 3.8) is 0 Å². The van der Waals surface area contributed by atoms with Gasteiger partial charge in [0.05, 0.1) is 17.4 Å². The molecule has 0 fully saturated rings. The molecule has 0 aliphatic heterocycles. The van der Waals surface area contributed by atoms with E-state index in [2.05, 4.69) is 5.32 Å². The van der Waals surface area contributed by atoms with Crippen LogP contribution in [0, 0.1) is 6.92 Å². The molecular formula is C20H23NO5S. The number of anilines is 1. The van der Waals surface area contributed by atoms with Crippen molar-refractivity contribution in [3.05, 3.63) is 65.2 Å². The number of carbonyl (C=O) groups is 2. The molecule has 0 aromatic heterocycles. The monoisotopic (exact) mass is 389 g/mol. The molecule has 2 rings (SSSR count). The summed E-state index contributed by atoms with van der Waals surface area (Å²) in [4.78, 5) is 23.8. The SMILES string of the molecule is Cc1cccc(NC(=O)CS(=O)(=O)Cc2ccc(C(=O)OC(C)C)cc2)c1. The van der Waals surface area contributed by atoms with Crippen LogP contribution in [0.25, 0.3) is 0 Å². The van der Waals surface area contributed by atoms with Crippen LogP contribution < -0.4 is 5.32 Å². The van der Waals surface area contributed by atoms with Crippen LogP contribution in [0.5, 0.6) is 0 Å². The fourth-order valence-electron chi connectivity index (χ4n) is 2.44. The molecule has 0 radical (unpaired) electrons. The first-order valence-electron chi connectivity index (χ1n) is 8.51. The number of esters is 1. The summed E-state index contributed by atoms with van der Waals surface area (Å²) in [7, 11) is -3.64. The van der Waals surface area contributed by atoms with Gasteiger partial charge < -0.3 is 10.1 Å². The van der Waals surface area contributed by atoms with Crippen molar-refractivity contribution in [3.8, 4) is 0 Å². The van der Waals surface area contributed by atoms with E-state index in [0.717, 1.165) is 5.56 Å². The second kappa shape index (κ2) is 8.81. The van der Waals surface area contributed by atoms with Crippen LogP contribution in [0.3, 0.4) is 0 Å². The van der Waals surface area contributed by atoms with Gasteiger partial charge in [0.2, 0.25) is 5.91 Å². The number of ether oxygens (including phenoxy) is 1. The van der Waals surface area contributed by atoms with E-state index >= 15 is 0 Å². The van der Waals surface area contributed by atoms with Gasteiger partial charge in [-0.2, -0.15) is 0 Å². The molecule has 0 aliphatic rings. The average Bonchev–Trinajstić information content (AvgIpc) is 2.53. The Hall–Kier alpha value is -2.67. The van der Waals surface area contributed by atoms with Gasteiger partial charge >= 0.3 is 5.97 Å². The molecule has 0 bridgehead atoms. The Labute approximate surface area is 159 Å². The summed E-state index contributed by atoms with van der Waals surface area (Å²) < 4.78 is 29.6. The Bertz CT molecular complexity index is 918. The van der Waals surface area contributed by atoms with Crippen molar-refractivity contribution in [1.29, 1.82) is 0 Å². The standard InChI is InChI=1S/C20H23NO5S/c1-14(2)26-20(23)17-9-7-16(8-10-17)12-27(24,25)13-19(22)21-18-6-4-5-15(3)11-18/h4-11,14H,12-13H2,1-3H3,(H,21,22). The average molecular weight is 389 g/mol. The fraction of sp³-hybridized carbons (Fsp3) is 0.300. The van der Waals surface area contributed by atoms with E-state index in [9.17, 15) is 18.0 Å². The summed E-state index contributed by atoms with van der Waals surface area (Å²) in [6.07, 6.45) is -0.232. The van der Waals surface area contributed by atoms with E-state index in [-0.39, 0.29) is 11.9 Å². The molecule has 0 unspecified atom stereocenters. The number of aryl methyl sites for hydroxylation is 1. The number of amides is 1. The highest BCUT2D eigenvalue weighted by molar-refractivity contribution is 7.91. The highest BCUT2D eigenvalue weighted by Crippen LogP contribution is 2.13. The quantitative estimate of drug-likeness (QED) is 0.735. The molecule has 1 amide bonds. The lowest BCUT2D eigenvalue weighted by atomic mass is 10.1. The van der Waals surface area contributed by atoms with Crippen LogP contribution in [0.4, 0.5) is 5.69 Å². The Balaban J connectivity index is 1.97. The van der Waals surface area contributed by atoms with Gasteiger partial charge in [-0.15, -0.1) is 0 Å². The molecule has 144 valence electrons. The molecule has 0 saturated heterocycles. The van der Waals surface area contributed by atoms with Crippen LogP contribution in [0.1, 0.15) is 35.3 Å². The van der Waals surface area contributed by atoms with Gasteiger partial charge in [-0.25, -0.2) is 13.2 Å². The molecule has 0 atom stereocenters. The highest BCUT2D eigenvalue weighted by atomic mass is 32.2. The molecule has 0 aliphatic carbocycles. The fourth-order valence-corrected chi connectivity index (χ4v) is 3.72. The van der Waals surface area contributed by atoms with Gasteiger partial charge in [0.15, 0.2) is 9.84 Å². The predicted octanol–water partition coefficient (Wildman–Crippen LogP) is 3.11. The van der Waals surface area contributed by atoms with E-state index in [4.69, 9.17) is 4.74 Å². The van der Waals surface area contributed by atoms with E-state index in [0.29, 0.717) is 16.8 Å². The van der Waals surface area contributed by atoms with E-state index in [1.807, 2.05) is 13.0 Å². The summed E-state index contributed by atoms with van der Waals surface area (Å²) in [5, 5.41) is 2.59. The molecule has 2 aromatic rings. The molecule has 0 heterocycles. The lowest BCUT2D eigenvalue weighted by molar-refractivity contribution is -0.113. The first-order valence-corrected chi connectivity index (χ1v) is 10.3. The largest absolute Gasteiger partial charge is 0.459 e. The lowest BCUT2D eigenvalue weighted by Gasteiger charge is -2.09. The number of carbonyl (C=O) groups excluding carboxylic acids is 2. The molecule has 7 heteroatoms. The highest BCUT2D eigenvalue weighted by Gasteiger charge is 2.18.